The van der Waals surface area contributed by atoms with Crippen molar-refractivity contribution < 1.29 is 9.59 Å². The first-order chi connectivity index (χ1) is 12.8. The number of nitrogens with zero attached hydrogens (tertiary/aromatic N) is 1. The topological polar surface area (TPSA) is 73.5 Å². The Morgan fingerprint density at radius 1 is 1.15 bits per heavy atom. The molecule has 1 saturated heterocycles. The number of likely N-dealkylation sites (tertiary alicyclic amines) is 1. The molecule has 1 aliphatic heterocycles. The van der Waals surface area contributed by atoms with Crippen LogP contribution in [0.4, 0.5) is 10.5 Å². The van der Waals surface area contributed by atoms with Gasteiger partial charge in [0.2, 0.25) is 5.91 Å². The molecule has 0 bridgehead atoms. The van der Waals surface area contributed by atoms with E-state index in [0.29, 0.717) is 18.5 Å². The molecule has 1 heterocycles. The van der Waals surface area contributed by atoms with Crippen LogP contribution in [0.3, 0.4) is 0 Å². The van der Waals surface area contributed by atoms with E-state index in [1.807, 2.05) is 32.9 Å². The predicted molar refractivity (Wildman–Crippen MR) is 110 cm³/mol. The molecule has 0 aromatic heterocycles. The molecular weight excluding hydrogens is 340 g/mol. The summed E-state index contributed by atoms with van der Waals surface area (Å²) >= 11 is 0. The minimum atomic E-state index is -0.288. The third-order valence-electron chi connectivity index (χ3n) is 5.18. The van der Waals surface area contributed by atoms with Crippen molar-refractivity contribution in [2.45, 2.75) is 53.5 Å². The Morgan fingerprint density at radius 3 is 2.44 bits per heavy atom. The zero-order valence-electron chi connectivity index (χ0n) is 17.3. The lowest BCUT2D eigenvalue weighted by Gasteiger charge is -2.35. The molecule has 0 radical (unpaired) electrons. The second-order valence-electron chi connectivity index (χ2n) is 7.98. The number of carbonyl (C=O) groups is 2. The van der Waals surface area contributed by atoms with Crippen LogP contribution in [-0.2, 0) is 4.79 Å². The number of aryl methyl sites for hydroxylation is 3. The normalized spacial score (nSPS) is 17.6. The summed E-state index contributed by atoms with van der Waals surface area (Å²) in [7, 11) is 0. The largest absolute Gasteiger partial charge is 0.338 e. The molecule has 1 aliphatic rings. The molecule has 1 unspecified atom stereocenters. The molecule has 150 valence electrons. The SMILES string of the molecule is Cc1cc(C)c(NC(=O)CNC(=O)NCC2CCCN(C(C)C)C2)c(C)c1. The molecule has 0 aliphatic carbocycles. The first kappa shape index (κ1) is 21.2. The van der Waals surface area contributed by atoms with Gasteiger partial charge >= 0.3 is 6.03 Å². The summed E-state index contributed by atoms with van der Waals surface area (Å²) in [6, 6.07) is 4.32. The van der Waals surface area contributed by atoms with E-state index in [0.717, 1.165) is 36.3 Å². The van der Waals surface area contributed by atoms with Crippen LogP contribution in [0.5, 0.6) is 0 Å². The number of anilines is 1. The van der Waals surface area contributed by atoms with Crippen molar-refractivity contribution in [2.24, 2.45) is 5.92 Å². The van der Waals surface area contributed by atoms with Crippen LogP contribution in [0.15, 0.2) is 12.1 Å². The van der Waals surface area contributed by atoms with E-state index in [2.05, 4.69) is 34.7 Å². The van der Waals surface area contributed by atoms with Gasteiger partial charge in [-0.05, 0) is 71.0 Å². The number of carbonyl (C=O) groups excluding carboxylic acids is 2. The zero-order chi connectivity index (χ0) is 20.0. The Bertz CT molecular complexity index is 649. The molecule has 0 saturated carbocycles. The molecule has 2 rings (SSSR count). The highest BCUT2D eigenvalue weighted by Crippen LogP contribution is 2.21. The van der Waals surface area contributed by atoms with Gasteiger partial charge in [0.05, 0.1) is 6.54 Å². The Morgan fingerprint density at radius 2 is 1.81 bits per heavy atom. The van der Waals surface area contributed by atoms with Gasteiger partial charge in [-0.15, -0.1) is 0 Å². The number of piperidine rings is 1. The fourth-order valence-electron chi connectivity index (χ4n) is 3.75. The molecular formula is C21H34N4O2. The average molecular weight is 375 g/mol. The highest BCUT2D eigenvalue weighted by molar-refractivity contribution is 5.95. The maximum absolute atomic E-state index is 12.2. The second-order valence-corrected chi connectivity index (χ2v) is 7.98. The number of hydrogen-bond acceptors (Lipinski definition) is 3. The molecule has 1 fully saturated rings. The van der Waals surface area contributed by atoms with Crippen molar-refractivity contribution in [1.29, 1.82) is 0 Å². The van der Waals surface area contributed by atoms with Crippen molar-refractivity contribution in [2.75, 3.05) is 31.5 Å². The zero-order valence-corrected chi connectivity index (χ0v) is 17.3. The minimum absolute atomic E-state index is 0.0403. The van der Waals surface area contributed by atoms with Gasteiger partial charge in [0.1, 0.15) is 0 Å². The summed E-state index contributed by atoms with van der Waals surface area (Å²) in [5, 5.41) is 8.45. The van der Waals surface area contributed by atoms with Gasteiger partial charge in [-0.2, -0.15) is 0 Å². The summed E-state index contributed by atoms with van der Waals surface area (Å²) in [5.74, 6) is 0.252. The maximum Gasteiger partial charge on any atom is 0.315 e. The lowest BCUT2D eigenvalue weighted by Crippen LogP contribution is -2.46. The molecule has 1 atom stereocenters. The van der Waals surface area contributed by atoms with Crippen molar-refractivity contribution in [3.05, 3.63) is 28.8 Å². The standard InChI is InChI=1S/C21H34N4O2/c1-14(2)25-8-6-7-18(13-25)11-22-21(27)23-12-19(26)24-20-16(4)9-15(3)10-17(20)5/h9-10,14,18H,6-8,11-13H2,1-5H3,(H,24,26)(H2,22,23,27). The van der Waals surface area contributed by atoms with Gasteiger partial charge in [-0.25, -0.2) is 4.79 Å². The summed E-state index contributed by atoms with van der Waals surface area (Å²) in [5.41, 5.74) is 4.04. The van der Waals surface area contributed by atoms with Gasteiger partial charge in [0.15, 0.2) is 0 Å². The summed E-state index contributed by atoms with van der Waals surface area (Å²) < 4.78 is 0. The Labute approximate surface area is 163 Å². The highest BCUT2D eigenvalue weighted by Gasteiger charge is 2.22. The highest BCUT2D eigenvalue weighted by atomic mass is 16.2. The van der Waals surface area contributed by atoms with Crippen molar-refractivity contribution in [3.8, 4) is 0 Å². The minimum Gasteiger partial charge on any atom is -0.338 e. The first-order valence-electron chi connectivity index (χ1n) is 9.89. The van der Waals surface area contributed by atoms with Crippen LogP contribution in [0.2, 0.25) is 0 Å². The van der Waals surface area contributed by atoms with Crippen LogP contribution in [0.1, 0.15) is 43.4 Å². The van der Waals surface area contributed by atoms with E-state index in [9.17, 15) is 9.59 Å². The number of amides is 3. The quantitative estimate of drug-likeness (QED) is 0.717. The van der Waals surface area contributed by atoms with Gasteiger partial charge in [-0.3, -0.25) is 4.79 Å². The van der Waals surface area contributed by atoms with Gasteiger partial charge in [0.25, 0.3) is 0 Å². The van der Waals surface area contributed by atoms with Crippen LogP contribution >= 0.6 is 0 Å². The summed E-state index contributed by atoms with van der Waals surface area (Å²) in [4.78, 5) is 26.6. The van der Waals surface area contributed by atoms with Crippen molar-refractivity contribution >= 4 is 17.6 Å². The summed E-state index contributed by atoms with van der Waals surface area (Å²) in [6.45, 7) is 13.2. The molecule has 3 amide bonds. The maximum atomic E-state index is 12.2. The number of benzene rings is 1. The van der Waals surface area contributed by atoms with E-state index >= 15 is 0 Å². The van der Waals surface area contributed by atoms with Crippen molar-refractivity contribution in [3.63, 3.8) is 0 Å². The first-order valence-corrected chi connectivity index (χ1v) is 9.89. The monoisotopic (exact) mass is 374 g/mol. The smallest absolute Gasteiger partial charge is 0.315 e. The molecule has 27 heavy (non-hydrogen) atoms. The van der Waals surface area contributed by atoms with E-state index in [-0.39, 0.29) is 18.5 Å². The second kappa shape index (κ2) is 9.74. The van der Waals surface area contributed by atoms with Crippen LogP contribution in [0, 0.1) is 26.7 Å². The van der Waals surface area contributed by atoms with Crippen LogP contribution < -0.4 is 16.0 Å². The van der Waals surface area contributed by atoms with E-state index < -0.39 is 0 Å². The third-order valence-corrected chi connectivity index (χ3v) is 5.18. The van der Waals surface area contributed by atoms with E-state index in [4.69, 9.17) is 0 Å². The Hall–Kier alpha value is -2.08. The fourth-order valence-corrected chi connectivity index (χ4v) is 3.75. The summed E-state index contributed by atoms with van der Waals surface area (Å²) in [6.07, 6.45) is 2.31. The van der Waals surface area contributed by atoms with Crippen LogP contribution in [-0.4, -0.2) is 49.1 Å². The Kier molecular flexibility index (Phi) is 7.66. The molecule has 3 N–H and O–H groups in total. The van der Waals surface area contributed by atoms with Crippen LogP contribution in [0.25, 0.3) is 0 Å². The lowest BCUT2D eigenvalue weighted by atomic mass is 9.97. The predicted octanol–water partition coefficient (Wildman–Crippen LogP) is 2.97. The van der Waals surface area contributed by atoms with E-state index in [1.54, 1.807) is 0 Å². The Balaban J connectivity index is 1.73. The molecule has 6 heteroatoms. The van der Waals surface area contributed by atoms with Gasteiger partial charge in [0, 0.05) is 24.8 Å². The van der Waals surface area contributed by atoms with Gasteiger partial charge < -0.3 is 20.9 Å². The lowest BCUT2D eigenvalue weighted by molar-refractivity contribution is -0.115. The van der Waals surface area contributed by atoms with Gasteiger partial charge in [-0.1, -0.05) is 17.7 Å². The molecule has 1 aromatic rings. The van der Waals surface area contributed by atoms with E-state index in [1.165, 1.54) is 12.0 Å². The number of urea groups is 1. The molecule has 0 spiro atoms. The van der Waals surface area contributed by atoms with Crippen molar-refractivity contribution in [1.82, 2.24) is 15.5 Å². The molecule has 6 nitrogen and oxygen atoms in total. The number of nitrogens with one attached hydrogen (secondary N) is 3. The fraction of sp³-hybridized carbons (Fsp3) is 0.619. The molecule has 1 aromatic carbocycles. The third kappa shape index (κ3) is 6.54. The number of rotatable bonds is 6. The number of hydrogen-bond donors (Lipinski definition) is 3. The average Bonchev–Trinajstić information content (AvgIpc) is 2.61.